The zero-order valence-corrected chi connectivity index (χ0v) is 16.3. The van der Waals surface area contributed by atoms with E-state index in [0.29, 0.717) is 22.8 Å². The summed E-state index contributed by atoms with van der Waals surface area (Å²) in [7, 11) is 0. The molecule has 1 saturated heterocycles. The number of fused-ring (bicyclic) bond motifs is 1. The Labute approximate surface area is 169 Å². The largest absolute Gasteiger partial charge is 0.454 e. The fourth-order valence-corrected chi connectivity index (χ4v) is 4.36. The molecule has 3 heterocycles. The molecule has 0 atom stereocenters. The molecule has 0 unspecified atom stereocenters. The van der Waals surface area contributed by atoms with Crippen molar-refractivity contribution in [2.45, 2.75) is 6.42 Å². The third kappa shape index (κ3) is 4.05. The molecule has 144 valence electrons. The Morgan fingerprint density at radius 1 is 1.21 bits per heavy atom. The summed E-state index contributed by atoms with van der Waals surface area (Å²) in [6.07, 6.45) is 1.95. The summed E-state index contributed by atoms with van der Waals surface area (Å²) in [5.41, 5.74) is 0.749. The standard InChI is InChI=1S/C19H16N2O5S2/c22-17(10-13-2-1-7-27-13)20-5-6-21-18(23)16(28-19(21)24)9-12-3-4-14-15(8-12)26-11-25-14/h1-4,7-9H,5-6,10-11H2,(H,20,22)/b16-9+. The minimum Gasteiger partial charge on any atom is -0.454 e. The summed E-state index contributed by atoms with van der Waals surface area (Å²) in [6, 6.07) is 9.11. The molecule has 2 aromatic rings. The van der Waals surface area contributed by atoms with Crippen molar-refractivity contribution in [1.82, 2.24) is 10.2 Å². The van der Waals surface area contributed by atoms with Crippen LogP contribution in [0.3, 0.4) is 0 Å². The third-order valence-corrected chi connectivity index (χ3v) is 5.92. The molecule has 3 amide bonds. The molecule has 0 spiro atoms. The Morgan fingerprint density at radius 2 is 2.07 bits per heavy atom. The summed E-state index contributed by atoms with van der Waals surface area (Å²) >= 11 is 2.40. The van der Waals surface area contributed by atoms with Gasteiger partial charge in [0, 0.05) is 18.0 Å². The lowest BCUT2D eigenvalue weighted by atomic mass is 10.2. The van der Waals surface area contributed by atoms with Gasteiger partial charge in [-0.2, -0.15) is 0 Å². The van der Waals surface area contributed by atoms with Crippen LogP contribution in [0.1, 0.15) is 10.4 Å². The zero-order valence-electron chi connectivity index (χ0n) is 14.7. The van der Waals surface area contributed by atoms with Crippen LogP contribution in [-0.2, 0) is 16.0 Å². The van der Waals surface area contributed by atoms with Crippen LogP contribution < -0.4 is 14.8 Å². The molecule has 0 aliphatic carbocycles. The predicted octanol–water partition coefficient (Wildman–Crippen LogP) is 2.87. The van der Waals surface area contributed by atoms with E-state index in [4.69, 9.17) is 9.47 Å². The normalized spacial score (nSPS) is 16.9. The Bertz CT molecular complexity index is 955. The second-order valence-electron chi connectivity index (χ2n) is 6.05. The van der Waals surface area contributed by atoms with E-state index >= 15 is 0 Å². The van der Waals surface area contributed by atoms with Crippen LogP contribution in [0.15, 0.2) is 40.6 Å². The highest BCUT2D eigenvalue weighted by molar-refractivity contribution is 8.18. The van der Waals surface area contributed by atoms with Crippen LogP contribution in [0.25, 0.3) is 6.08 Å². The van der Waals surface area contributed by atoms with Crippen LogP contribution in [0.2, 0.25) is 0 Å². The fraction of sp³-hybridized carbons (Fsp3) is 0.211. The van der Waals surface area contributed by atoms with E-state index in [2.05, 4.69) is 5.32 Å². The van der Waals surface area contributed by atoms with Gasteiger partial charge in [-0.1, -0.05) is 12.1 Å². The topological polar surface area (TPSA) is 84.9 Å². The molecule has 1 fully saturated rings. The van der Waals surface area contributed by atoms with Gasteiger partial charge in [-0.15, -0.1) is 11.3 Å². The van der Waals surface area contributed by atoms with Gasteiger partial charge in [-0.05, 0) is 47.0 Å². The van der Waals surface area contributed by atoms with Crippen molar-refractivity contribution in [3.05, 3.63) is 51.1 Å². The van der Waals surface area contributed by atoms with Gasteiger partial charge in [-0.25, -0.2) is 0 Å². The number of carbonyl (C=O) groups excluding carboxylic acids is 3. The van der Waals surface area contributed by atoms with Crippen molar-refractivity contribution in [2.75, 3.05) is 19.9 Å². The molecule has 9 heteroatoms. The number of rotatable bonds is 6. The first-order chi connectivity index (χ1) is 13.6. The number of carbonyl (C=O) groups is 3. The van der Waals surface area contributed by atoms with Crippen molar-refractivity contribution < 1.29 is 23.9 Å². The van der Waals surface area contributed by atoms with Gasteiger partial charge in [0.05, 0.1) is 11.3 Å². The van der Waals surface area contributed by atoms with E-state index in [0.717, 1.165) is 27.1 Å². The molecule has 7 nitrogen and oxygen atoms in total. The highest BCUT2D eigenvalue weighted by Gasteiger charge is 2.34. The van der Waals surface area contributed by atoms with E-state index in [1.165, 1.54) is 11.3 Å². The molecule has 0 bridgehead atoms. The minimum absolute atomic E-state index is 0.134. The van der Waals surface area contributed by atoms with Crippen LogP contribution in [-0.4, -0.2) is 41.8 Å². The zero-order chi connectivity index (χ0) is 19.5. The Hall–Kier alpha value is -2.78. The van der Waals surface area contributed by atoms with Crippen molar-refractivity contribution in [2.24, 2.45) is 0 Å². The van der Waals surface area contributed by atoms with Crippen LogP contribution >= 0.6 is 23.1 Å². The number of nitrogens with zero attached hydrogens (tertiary/aromatic N) is 1. The first-order valence-electron chi connectivity index (χ1n) is 8.54. The number of thioether (sulfide) groups is 1. The maximum atomic E-state index is 12.5. The molecule has 0 saturated carbocycles. The van der Waals surface area contributed by atoms with E-state index < -0.39 is 0 Å². The second-order valence-corrected chi connectivity index (χ2v) is 8.08. The lowest BCUT2D eigenvalue weighted by molar-refractivity contribution is -0.124. The molecular formula is C19H16N2O5S2. The summed E-state index contributed by atoms with van der Waals surface area (Å²) < 4.78 is 10.6. The number of nitrogens with one attached hydrogen (secondary N) is 1. The number of thiophene rings is 1. The predicted molar refractivity (Wildman–Crippen MR) is 106 cm³/mol. The van der Waals surface area contributed by atoms with E-state index in [9.17, 15) is 14.4 Å². The Morgan fingerprint density at radius 3 is 2.89 bits per heavy atom. The highest BCUT2D eigenvalue weighted by atomic mass is 32.2. The van der Waals surface area contributed by atoms with Crippen molar-refractivity contribution in [1.29, 1.82) is 0 Å². The van der Waals surface area contributed by atoms with Gasteiger partial charge in [0.1, 0.15) is 0 Å². The molecule has 1 aromatic heterocycles. The number of imide groups is 1. The smallest absolute Gasteiger partial charge is 0.293 e. The van der Waals surface area contributed by atoms with Gasteiger partial charge in [0.15, 0.2) is 11.5 Å². The van der Waals surface area contributed by atoms with Crippen LogP contribution in [0, 0.1) is 0 Å². The average molecular weight is 416 g/mol. The lowest BCUT2D eigenvalue weighted by Crippen LogP contribution is -2.37. The monoisotopic (exact) mass is 416 g/mol. The quantitative estimate of drug-likeness (QED) is 0.729. The maximum Gasteiger partial charge on any atom is 0.293 e. The van der Waals surface area contributed by atoms with E-state index in [-0.39, 0.29) is 36.9 Å². The maximum absolute atomic E-state index is 12.5. The number of amides is 3. The van der Waals surface area contributed by atoms with Crippen molar-refractivity contribution in [3.8, 4) is 11.5 Å². The number of benzene rings is 1. The number of ether oxygens (including phenoxy) is 2. The summed E-state index contributed by atoms with van der Waals surface area (Å²) in [5.74, 6) is 0.774. The molecule has 28 heavy (non-hydrogen) atoms. The van der Waals surface area contributed by atoms with Crippen molar-refractivity contribution >= 4 is 46.2 Å². The van der Waals surface area contributed by atoms with E-state index in [1.54, 1.807) is 24.3 Å². The van der Waals surface area contributed by atoms with Gasteiger partial charge < -0.3 is 14.8 Å². The van der Waals surface area contributed by atoms with Gasteiger partial charge in [0.25, 0.3) is 11.1 Å². The molecule has 2 aliphatic rings. The van der Waals surface area contributed by atoms with Gasteiger partial charge >= 0.3 is 0 Å². The van der Waals surface area contributed by atoms with E-state index in [1.807, 2.05) is 17.5 Å². The van der Waals surface area contributed by atoms with Gasteiger partial charge in [0.2, 0.25) is 12.7 Å². The fourth-order valence-electron chi connectivity index (χ4n) is 2.79. The van der Waals surface area contributed by atoms with Crippen LogP contribution in [0.4, 0.5) is 4.79 Å². The first-order valence-corrected chi connectivity index (χ1v) is 10.2. The summed E-state index contributed by atoms with van der Waals surface area (Å²) in [5, 5.41) is 4.31. The third-order valence-electron chi connectivity index (χ3n) is 4.14. The first kappa shape index (κ1) is 18.6. The molecule has 1 aromatic carbocycles. The minimum atomic E-state index is -0.361. The molecule has 0 radical (unpaired) electrons. The van der Waals surface area contributed by atoms with Crippen LogP contribution in [0.5, 0.6) is 11.5 Å². The number of hydrogen-bond donors (Lipinski definition) is 1. The SMILES string of the molecule is O=C(Cc1cccs1)NCCN1C(=O)S/C(=C/c2ccc3c(c2)OCO3)C1=O. The average Bonchev–Trinajstić information content (AvgIpc) is 3.39. The van der Waals surface area contributed by atoms with Gasteiger partial charge in [-0.3, -0.25) is 19.3 Å². The number of hydrogen-bond acceptors (Lipinski definition) is 7. The molecule has 4 rings (SSSR count). The summed E-state index contributed by atoms with van der Waals surface area (Å²) in [4.78, 5) is 39.1. The second kappa shape index (κ2) is 8.07. The Balaban J connectivity index is 1.34. The molecular weight excluding hydrogens is 400 g/mol. The lowest BCUT2D eigenvalue weighted by Gasteiger charge is -2.12. The molecule has 1 N–H and O–H groups in total. The highest BCUT2D eigenvalue weighted by Crippen LogP contribution is 2.36. The summed E-state index contributed by atoms with van der Waals surface area (Å²) in [6.45, 7) is 0.534. The molecule has 2 aliphatic heterocycles. The van der Waals surface area contributed by atoms with Crippen molar-refractivity contribution in [3.63, 3.8) is 0 Å². The Kier molecular flexibility index (Phi) is 5.36.